The molecule has 1 aliphatic rings. The summed E-state index contributed by atoms with van der Waals surface area (Å²) >= 11 is 0. The van der Waals surface area contributed by atoms with Gasteiger partial charge in [0.15, 0.2) is 0 Å². The van der Waals surface area contributed by atoms with Crippen molar-refractivity contribution in [2.75, 3.05) is 20.2 Å². The number of nitrogens with zero attached hydrogens (tertiary/aromatic N) is 3. The van der Waals surface area contributed by atoms with Crippen molar-refractivity contribution in [3.05, 3.63) is 46.8 Å². The van der Waals surface area contributed by atoms with Gasteiger partial charge in [0.1, 0.15) is 5.75 Å². The van der Waals surface area contributed by atoms with Gasteiger partial charge in [0.25, 0.3) is 0 Å². The van der Waals surface area contributed by atoms with Crippen LogP contribution < -0.4 is 10.1 Å². The topological polar surface area (TPSA) is 42.3 Å². The molecule has 3 rings (SSSR count). The second-order valence-electron chi connectivity index (χ2n) is 7.43. The minimum atomic E-state index is 0.274. The minimum absolute atomic E-state index is 0.274. The van der Waals surface area contributed by atoms with Crippen LogP contribution in [0.1, 0.15) is 54.6 Å². The van der Waals surface area contributed by atoms with Crippen molar-refractivity contribution in [1.82, 2.24) is 20.0 Å². The van der Waals surface area contributed by atoms with Crippen LogP contribution in [0.4, 0.5) is 0 Å². The fourth-order valence-corrected chi connectivity index (χ4v) is 3.85. The normalized spacial score (nSPS) is 16.6. The highest BCUT2D eigenvalue weighted by Crippen LogP contribution is 2.24. The number of nitrogens with one attached hydrogen (secondary N) is 1. The van der Waals surface area contributed by atoms with Crippen LogP contribution in [-0.2, 0) is 20.1 Å². The van der Waals surface area contributed by atoms with Crippen molar-refractivity contribution in [2.24, 2.45) is 7.05 Å². The van der Waals surface area contributed by atoms with Gasteiger partial charge in [0.2, 0.25) is 0 Å². The summed E-state index contributed by atoms with van der Waals surface area (Å²) in [6.07, 6.45) is 6.09. The smallest absolute Gasteiger partial charge is 0.123 e. The number of ether oxygens (including phenoxy) is 1. The van der Waals surface area contributed by atoms with Gasteiger partial charge in [0.05, 0.1) is 12.8 Å². The third-order valence-corrected chi connectivity index (χ3v) is 5.32. The van der Waals surface area contributed by atoms with Gasteiger partial charge in [0, 0.05) is 43.5 Å². The second kappa shape index (κ2) is 8.69. The highest BCUT2D eigenvalue weighted by molar-refractivity contribution is 5.37. The maximum atomic E-state index is 5.60. The van der Waals surface area contributed by atoms with Crippen molar-refractivity contribution in [1.29, 1.82) is 0 Å². The summed E-state index contributed by atoms with van der Waals surface area (Å²) in [5.41, 5.74) is 4.94. The van der Waals surface area contributed by atoms with Gasteiger partial charge in [-0.1, -0.05) is 12.5 Å². The molecular weight excluding hydrogens is 324 g/mol. The molecule has 1 fully saturated rings. The maximum absolute atomic E-state index is 5.60. The van der Waals surface area contributed by atoms with Crippen molar-refractivity contribution < 1.29 is 4.74 Å². The summed E-state index contributed by atoms with van der Waals surface area (Å²) in [5.74, 6) is 0.996. The lowest BCUT2D eigenvalue weighted by Gasteiger charge is -2.27. The van der Waals surface area contributed by atoms with Crippen LogP contribution in [0.15, 0.2) is 24.4 Å². The first kappa shape index (κ1) is 18.9. The summed E-state index contributed by atoms with van der Waals surface area (Å²) in [6, 6.07) is 6.84. The van der Waals surface area contributed by atoms with E-state index in [1.165, 1.54) is 49.0 Å². The van der Waals surface area contributed by atoms with Crippen LogP contribution in [0.2, 0.25) is 0 Å². The van der Waals surface area contributed by atoms with E-state index in [0.717, 1.165) is 24.5 Å². The number of rotatable bonds is 7. The Morgan fingerprint density at radius 1 is 1.23 bits per heavy atom. The fourth-order valence-electron chi connectivity index (χ4n) is 3.85. The van der Waals surface area contributed by atoms with Crippen molar-refractivity contribution in [3.63, 3.8) is 0 Å². The monoisotopic (exact) mass is 356 g/mol. The van der Waals surface area contributed by atoms with E-state index in [1.807, 2.05) is 11.7 Å². The van der Waals surface area contributed by atoms with Crippen LogP contribution in [-0.4, -0.2) is 34.9 Å². The number of aromatic nitrogens is 2. The van der Waals surface area contributed by atoms with Crippen LogP contribution in [0.5, 0.6) is 5.75 Å². The molecule has 0 amide bonds. The summed E-state index contributed by atoms with van der Waals surface area (Å²) in [7, 11) is 3.74. The van der Waals surface area contributed by atoms with E-state index in [-0.39, 0.29) is 6.04 Å². The molecule has 1 N–H and O–H groups in total. The quantitative estimate of drug-likeness (QED) is 0.823. The number of methoxy groups -OCH3 is 1. The molecule has 0 saturated carbocycles. The predicted octanol–water partition coefficient (Wildman–Crippen LogP) is 3.57. The molecule has 1 aromatic heterocycles. The average molecular weight is 357 g/mol. The lowest BCUT2D eigenvalue weighted by molar-refractivity contribution is 0.218. The highest BCUT2D eigenvalue weighted by Gasteiger charge is 2.15. The molecule has 5 heteroatoms. The molecule has 26 heavy (non-hydrogen) atoms. The summed E-state index contributed by atoms with van der Waals surface area (Å²) in [6.45, 7) is 8.48. The van der Waals surface area contributed by atoms with Gasteiger partial charge in [-0.2, -0.15) is 5.10 Å². The summed E-state index contributed by atoms with van der Waals surface area (Å²) in [5, 5.41) is 8.07. The van der Waals surface area contributed by atoms with E-state index < -0.39 is 0 Å². The lowest BCUT2D eigenvalue weighted by Crippen LogP contribution is -2.29. The van der Waals surface area contributed by atoms with E-state index in [9.17, 15) is 0 Å². The molecule has 0 aliphatic carbocycles. The highest BCUT2D eigenvalue weighted by atomic mass is 16.5. The molecule has 2 aromatic rings. The van der Waals surface area contributed by atoms with E-state index in [2.05, 4.69) is 53.6 Å². The zero-order chi connectivity index (χ0) is 18.5. The third-order valence-electron chi connectivity index (χ3n) is 5.32. The van der Waals surface area contributed by atoms with Crippen molar-refractivity contribution >= 4 is 0 Å². The SMILES string of the molecule is COc1ccc(CNC(C)c2cn(C)nc2C)cc1CN1CCCCC1. The summed E-state index contributed by atoms with van der Waals surface area (Å²) < 4.78 is 7.48. The van der Waals surface area contributed by atoms with Crippen molar-refractivity contribution in [2.45, 2.75) is 52.2 Å². The second-order valence-corrected chi connectivity index (χ2v) is 7.43. The zero-order valence-corrected chi connectivity index (χ0v) is 16.6. The molecule has 1 saturated heterocycles. The molecule has 1 atom stereocenters. The van der Waals surface area contributed by atoms with Gasteiger partial charge in [-0.3, -0.25) is 9.58 Å². The molecule has 1 aromatic carbocycles. The van der Waals surface area contributed by atoms with Gasteiger partial charge in [-0.05, 0) is 57.5 Å². The molecule has 142 valence electrons. The molecular formula is C21H32N4O. The van der Waals surface area contributed by atoms with E-state index in [1.54, 1.807) is 7.11 Å². The standard InChI is InChI=1S/C21H32N4O/c1-16(20-15-24(3)23-17(20)2)22-13-18-8-9-21(26-4)19(12-18)14-25-10-6-5-7-11-25/h8-9,12,15-16,22H,5-7,10-11,13-14H2,1-4H3. The number of aryl methyl sites for hydroxylation is 2. The Morgan fingerprint density at radius 2 is 2.00 bits per heavy atom. The molecule has 1 aliphatic heterocycles. The van der Waals surface area contributed by atoms with Gasteiger partial charge in [-0.15, -0.1) is 0 Å². The molecule has 0 bridgehead atoms. The lowest BCUT2D eigenvalue weighted by atomic mass is 10.1. The van der Waals surface area contributed by atoms with Crippen LogP contribution in [0, 0.1) is 6.92 Å². The Bertz CT molecular complexity index is 719. The predicted molar refractivity (Wildman–Crippen MR) is 105 cm³/mol. The molecule has 1 unspecified atom stereocenters. The molecule has 5 nitrogen and oxygen atoms in total. The molecule has 0 radical (unpaired) electrons. The Kier molecular flexibility index (Phi) is 6.33. The Labute approximate surface area is 157 Å². The number of piperidine rings is 1. The number of benzene rings is 1. The third kappa shape index (κ3) is 4.65. The Hall–Kier alpha value is -1.85. The Morgan fingerprint density at radius 3 is 2.65 bits per heavy atom. The van der Waals surface area contributed by atoms with Gasteiger partial charge in [-0.25, -0.2) is 0 Å². The van der Waals surface area contributed by atoms with E-state index in [0.29, 0.717) is 0 Å². The zero-order valence-electron chi connectivity index (χ0n) is 16.6. The number of likely N-dealkylation sites (tertiary alicyclic amines) is 1. The van der Waals surface area contributed by atoms with Gasteiger partial charge < -0.3 is 10.1 Å². The fraction of sp³-hybridized carbons (Fsp3) is 0.571. The van der Waals surface area contributed by atoms with Gasteiger partial charge >= 0.3 is 0 Å². The maximum Gasteiger partial charge on any atom is 0.123 e. The van der Waals surface area contributed by atoms with E-state index in [4.69, 9.17) is 4.74 Å². The van der Waals surface area contributed by atoms with E-state index >= 15 is 0 Å². The Balaban J connectivity index is 1.65. The molecule has 2 heterocycles. The van der Waals surface area contributed by atoms with Crippen LogP contribution in [0.3, 0.4) is 0 Å². The minimum Gasteiger partial charge on any atom is -0.496 e. The van der Waals surface area contributed by atoms with Crippen LogP contribution >= 0.6 is 0 Å². The van der Waals surface area contributed by atoms with Crippen molar-refractivity contribution in [3.8, 4) is 5.75 Å². The first-order chi connectivity index (χ1) is 12.6. The van der Waals surface area contributed by atoms with Crippen LogP contribution in [0.25, 0.3) is 0 Å². The largest absolute Gasteiger partial charge is 0.496 e. The first-order valence-electron chi connectivity index (χ1n) is 9.68. The average Bonchev–Trinajstić information content (AvgIpc) is 2.99. The first-order valence-corrected chi connectivity index (χ1v) is 9.68. The number of hydrogen-bond donors (Lipinski definition) is 1. The number of hydrogen-bond acceptors (Lipinski definition) is 4. The molecule has 0 spiro atoms. The summed E-state index contributed by atoms with van der Waals surface area (Å²) in [4.78, 5) is 2.54.